The Hall–Kier alpha value is -2.76. The van der Waals surface area contributed by atoms with Crippen LogP contribution >= 0.6 is 12.2 Å². The number of aromatic nitrogens is 2. The van der Waals surface area contributed by atoms with Crippen molar-refractivity contribution in [2.24, 2.45) is 0 Å². The molecule has 2 heterocycles. The number of nitrogens with zero attached hydrogens (tertiary/aromatic N) is 4. The highest BCUT2D eigenvalue weighted by Gasteiger charge is 2.28. The maximum Gasteiger partial charge on any atom is 0.130 e. The summed E-state index contributed by atoms with van der Waals surface area (Å²) < 4.78 is 2.33. The van der Waals surface area contributed by atoms with Crippen molar-refractivity contribution in [3.05, 3.63) is 72.1 Å². The summed E-state index contributed by atoms with van der Waals surface area (Å²) in [7, 11) is 4.21. The van der Waals surface area contributed by atoms with E-state index in [4.69, 9.17) is 17.2 Å². The molecule has 1 aromatic heterocycles. The van der Waals surface area contributed by atoms with E-state index in [1.165, 1.54) is 22.0 Å². The molecule has 4 nitrogen and oxygen atoms in total. The van der Waals surface area contributed by atoms with E-state index in [1.807, 2.05) is 6.07 Å². The molecule has 0 spiro atoms. The summed E-state index contributed by atoms with van der Waals surface area (Å²) in [5, 5.41) is 2.49. The first-order valence-corrected chi connectivity index (χ1v) is 9.97. The molecule has 0 N–H and O–H groups in total. The van der Waals surface area contributed by atoms with Gasteiger partial charge < -0.3 is 14.4 Å². The van der Waals surface area contributed by atoms with Crippen molar-refractivity contribution in [1.82, 2.24) is 14.5 Å². The lowest BCUT2D eigenvalue weighted by atomic mass is 10.1. The van der Waals surface area contributed by atoms with Crippen molar-refractivity contribution < 1.29 is 0 Å². The van der Waals surface area contributed by atoms with Gasteiger partial charge >= 0.3 is 0 Å². The quantitative estimate of drug-likeness (QED) is 0.473. The summed E-state index contributed by atoms with van der Waals surface area (Å²) in [6, 6.07) is 21.2. The Morgan fingerprint density at radius 3 is 2.57 bits per heavy atom. The standard InChI is InChI=1S/C23H22N4S/c1-25(2)13-14-26-19-11-4-3-10-18(19)24-21(26)15-27-20-12-6-8-16-7-5-9-17(22(16)20)23(27)28/h3-12H,13-15H2,1-2H3. The fourth-order valence-electron chi connectivity index (χ4n) is 4.07. The van der Waals surface area contributed by atoms with E-state index < -0.39 is 0 Å². The molecule has 0 aliphatic carbocycles. The second kappa shape index (κ2) is 6.69. The third-order valence-corrected chi connectivity index (χ3v) is 5.89. The number of hydrogen-bond acceptors (Lipinski definition) is 3. The van der Waals surface area contributed by atoms with Crippen LogP contribution in [0.5, 0.6) is 0 Å². The molecule has 4 aromatic rings. The Morgan fingerprint density at radius 1 is 0.964 bits per heavy atom. The number of benzene rings is 3. The lowest BCUT2D eigenvalue weighted by Gasteiger charge is -2.21. The Labute approximate surface area is 170 Å². The van der Waals surface area contributed by atoms with Crippen LogP contribution in [0.2, 0.25) is 0 Å². The van der Waals surface area contributed by atoms with Crippen molar-refractivity contribution in [2.75, 3.05) is 25.5 Å². The average Bonchev–Trinajstić information content (AvgIpc) is 3.18. The molecule has 0 bridgehead atoms. The molecule has 28 heavy (non-hydrogen) atoms. The van der Waals surface area contributed by atoms with Crippen molar-refractivity contribution in [3.8, 4) is 0 Å². The minimum absolute atomic E-state index is 0.675. The molecule has 5 rings (SSSR count). The molecule has 0 amide bonds. The summed E-state index contributed by atoms with van der Waals surface area (Å²) in [6.45, 7) is 2.54. The van der Waals surface area contributed by atoms with E-state index in [-0.39, 0.29) is 0 Å². The second-order valence-corrected chi connectivity index (χ2v) is 7.93. The van der Waals surface area contributed by atoms with Crippen LogP contribution in [0.15, 0.2) is 60.7 Å². The van der Waals surface area contributed by atoms with E-state index >= 15 is 0 Å². The summed E-state index contributed by atoms with van der Waals surface area (Å²) in [4.78, 5) is 10.3. The molecule has 1 aliphatic heterocycles. The van der Waals surface area contributed by atoms with E-state index in [9.17, 15) is 0 Å². The molecule has 1 aliphatic rings. The van der Waals surface area contributed by atoms with Crippen molar-refractivity contribution in [1.29, 1.82) is 0 Å². The van der Waals surface area contributed by atoms with Crippen molar-refractivity contribution in [2.45, 2.75) is 13.1 Å². The zero-order chi connectivity index (χ0) is 19.3. The normalized spacial score (nSPS) is 13.4. The summed E-state index contributed by atoms with van der Waals surface area (Å²) >= 11 is 5.87. The number of para-hydroxylation sites is 2. The van der Waals surface area contributed by atoms with Gasteiger partial charge in [-0.25, -0.2) is 4.98 Å². The first-order chi connectivity index (χ1) is 13.6. The van der Waals surface area contributed by atoms with Gasteiger partial charge in [-0.2, -0.15) is 0 Å². The highest BCUT2D eigenvalue weighted by Crippen LogP contribution is 2.38. The van der Waals surface area contributed by atoms with Gasteiger partial charge in [0.1, 0.15) is 10.8 Å². The van der Waals surface area contributed by atoms with E-state index in [2.05, 4.69) is 83.1 Å². The number of thiocarbonyl (C=S) groups is 1. The number of anilines is 1. The molecule has 140 valence electrons. The lowest BCUT2D eigenvalue weighted by Crippen LogP contribution is -2.28. The Kier molecular flexibility index (Phi) is 4.14. The van der Waals surface area contributed by atoms with Crippen LogP contribution in [0, 0.1) is 0 Å². The highest BCUT2D eigenvalue weighted by atomic mass is 32.1. The van der Waals surface area contributed by atoms with Crippen LogP contribution in [0.25, 0.3) is 21.8 Å². The summed E-state index contributed by atoms with van der Waals surface area (Å²) in [6.07, 6.45) is 0. The fourth-order valence-corrected chi connectivity index (χ4v) is 4.41. The number of imidazole rings is 1. The van der Waals surface area contributed by atoms with E-state index in [1.54, 1.807) is 0 Å². The van der Waals surface area contributed by atoms with Crippen LogP contribution in [0.3, 0.4) is 0 Å². The van der Waals surface area contributed by atoms with Gasteiger partial charge in [0.25, 0.3) is 0 Å². The largest absolute Gasteiger partial charge is 0.325 e. The van der Waals surface area contributed by atoms with Crippen molar-refractivity contribution >= 4 is 44.7 Å². The zero-order valence-corrected chi connectivity index (χ0v) is 16.9. The van der Waals surface area contributed by atoms with E-state index in [0.29, 0.717) is 6.54 Å². The third-order valence-electron chi connectivity index (χ3n) is 5.45. The molecular formula is C23H22N4S. The predicted octanol–water partition coefficient (Wildman–Crippen LogP) is 4.45. The minimum Gasteiger partial charge on any atom is -0.325 e. The number of fused-ring (bicyclic) bond motifs is 1. The fraction of sp³-hybridized carbons (Fsp3) is 0.217. The second-order valence-electron chi connectivity index (χ2n) is 7.54. The van der Waals surface area contributed by atoms with Crippen LogP contribution in [0.4, 0.5) is 5.69 Å². The topological polar surface area (TPSA) is 24.3 Å². The van der Waals surface area contributed by atoms with Gasteiger partial charge in [-0.1, -0.05) is 54.7 Å². The monoisotopic (exact) mass is 386 g/mol. The maximum atomic E-state index is 5.87. The number of hydrogen-bond donors (Lipinski definition) is 0. The molecule has 0 saturated heterocycles. The van der Waals surface area contributed by atoms with Crippen LogP contribution in [-0.4, -0.2) is 40.1 Å². The molecule has 0 fully saturated rings. The number of rotatable bonds is 5. The molecule has 3 aromatic carbocycles. The third kappa shape index (κ3) is 2.70. The van der Waals surface area contributed by atoms with Gasteiger partial charge in [-0.05, 0) is 37.7 Å². The summed E-state index contributed by atoms with van der Waals surface area (Å²) in [5.41, 5.74) is 4.56. The van der Waals surface area contributed by atoms with Gasteiger partial charge in [0.05, 0.1) is 23.3 Å². The van der Waals surface area contributed by atoms with E-state index in [0.717, 1.165) is 35.0 Å². The molecule has 0 saturated carbocycles. The van der Waals surface area contributed by atoms with Gasteiger partial charge in [-0.15, -0.1) is 0 Å². The first kappa shape index (κ1) is 17.3. The molecule has 0 radical (unpaired) electrons. The lowest BCUT2D eigenvalue weighted by molar-refractivity contribution is 0.383. The maximum absolute atomic E-state index is 5.87. The Bertz CT molecular complexity index is 1200. The molecule has 5 heteroatoms. The van der Waals surface area contributed by atoms with Gasteiger partial charge in [0.15, 0.2) is 0 Å². The summed E-state index contributed by atoms with van der Waals surface area (Å²) in [5.74, 6) is 1.05. The zero-order valence-electron chi connectivity index (χ0n) is 16.1. The predicted molar refractivity (Wildman–Crippen MR) is 120 cm³/mol. The Balaban J connectivity index is 1.59. The first-order valence-electron chi connectivity index (χ1n) is 9.56. The molecule has 0 atom stereocenters. The van der Waals surface area contributed by atoms with Crippen LogP contribution < -0.4 is 4.90 Å². The van der Waals surface area contributed by atoms with Crippen molar-refractivity contribution in [3.63, 3.8) is 0 Å². The molecule has 0 unspecified atom stereocenters. The smallest absolute Gasteiger partial charge is 0.130 e. The SMILES string of the molecule is CN(C)CCn1c(CN2C(=S)c3cccc4cccc2c34)nc2ccccc21. The molecular weight excluding hydrogens is 364 g/mol. The minimum atomic E-state index is 0.675. The highest BCUT2D eigenvalue weighted by molar-refractivity contribution is 7.81. The van der Waals surface area contributed by atoms with Crippen LogP contribution in [-0.2, 0) is 13.1 Å². The average molecular weight is 387 g/mol. The van der Waals surface area contributed by atoms with Gasteiger partial charge in [0, 0.05) is 24.0 Å². The van der Waals surface area contributed by atoms with Crippen LogP contribution in [0.1, 0.15) is 11.4 Å². The van der Waals surface area contributed by atoms with Gasteiger partial charge in [0.2, 0.25) is 0 Å². The number of likely N-dealkylation sites (N-methyl/N-ethyl adjacent to an activating group) is 1. The van der Waals surface area contributed by atoms with Gasteiger partial charge in [-0.3, -0.25) is 0 Å². The Morgan fingerprint density at radius 2 is 1.75 bits per heavy atom.